The molecule has 0 spiro atoms. The van der Waals surface area contributed by atoms with Crippen molar-refractivity contribution in [2.75, 3.05) is 0 Å². The summed E-state index contributed by atoms with van der Waals surface area (Å²) in [5.41, 5.74) is 2.53. The summed E-state index contributed by atoms with van der Waals surface area (Å²) in [6.07, 6.45) is 1.85. The van der Waals surface area contributed by atoms with Crippen molar-refractivity contribution in [3.8, 4) is 0 Å². The number of rotatable bonds is 3. The molecule has 4 N–H and O–H groups in total. The normalized spacial score (nSPS) is 11.9. The number of nitrogens with one attached hydrogen (secondary N) is 2. The zero-order valence-corrected chi connectivity index (χ0v) is 10.1. The maximum absolute atomic E-state index is 5.33. The highest BCUT2D eigenvalue weighted by atomic mass is 32.1. The van der Waals surface area contributed by atoms with Crippen LogP contribution in [-0.4, -0.2) is 17.0 Å². The molecule has 1 heterocycles. The number of aryl methyl sites for hydroxylation is 1. The molecule has 0 fully saturated rings. The summed E-state index contributed by atoms with van der Waals surface area (Å²) in [6, 6.07) is 0.304. The van der Waals surface area contributed by atoms with Crippen LogP contribution >= 0.6 is 11.3 Å². The monoisotopic (exact) mass is 227 g/mol. The molecule has 0 saturated heterocycles. The van der Waals surface area contributed by atoms with Crippen LogP contribution in [-0.2, 0) is 6.54 Å². The maximum atomic E-state index is 5.33. The Morgan fingerprint density at radius 2 is 2.40 bits per heavy atom. The molecule has 1 rings (SSSR count). The molecule has 84 valence electrons. The van der Waals surface area contributed by atoms with E-state index in [1.165, 1.54) is 4.88 Å². The zero-order chi connectivity index (χ0) is 11.3. The summed E-state index contributed by atoms with van der Waals surface area (Å²) in [5.74, 6) is 5.93. The summed E-state index contributed by atoms with van der Waals surface area (Å²) < 4.78 is 0. The van der Waals surface area contributed by atoms with Gasteiger partial charge in [-0.1, -0.05) is 0 Å². The molecule has 0 unspecified atom stereocenters. The van der Waals surface area contributed by atoms with E-state index in [1.54, 1.807) is 11.3 Å². The van der Waals surface area contributed by atoms with E-state index >= 15 is 0 Å². The molecule has 15 heavy (non-hydrogen) atoms. The summed E-state index contributed by atoms with van der Waals surface area (Å²) in [5, 5.41) is 4.09. The van der Waals surface area contributed by atoms with Crippen molar-refractivity contribution in [1.82, 2.24) is 15.7 Å². The topological polar surface area (TPSA) is 75.3 Å². The molecule has 0 atom stereocenters. The fraction of sp³-hybridized carbons (Fsp3) is 0.556. The van der Waals surface area contributed by atoms with Gasteiger partial charge in [-0.2, -0.15) is 0 Å². The van der Waals surface area contributed by atoms with E-state index < -0.39 is 0 Å². The molecule has 0 aliphatic carbocycles. The van der Waals surface area contributed by atoms with Crippen LogP contribution in [0.15, 0.2) is 11.2 Å². The lowest BCUT2D eigenvalue weighted by Gasteiger charge is -2.11. The van der Waals surface area contributed by atoms with Crippen molar-refractivity contribution >= 4 is 17.3 Å². The Hall–Kier alpha value is -1.14. The Morgan fingerprint density at radius 1 is 1.67 bits per heavy atom. The number of hydrazine groups is 1. The van der Waals surface area contributed by atoms with Crippen LogP contribution in [0.5, 0.6) is 0 Å². The van der Waals surface area contributed by atoms with Crippen molar-refractivity contribution in [3.63, 3.8) is 0 Å². The fourth-order valence-electron chi connectivity index (χ4n) is 1.03. The molecule has 1 aromatic heterocycles. The minimum Gasteiger partial charge on any atom is -0.353 e. The van der Waals surface area contributed by atoms with Gasteiger partial charge in [-0.3, -0.25) is 5.43 Å². The average Bonchev–Trinajstić information content (AvgIpc) is 2.58. The van der Waals surface area contributed by atoms with Crippen LogP contribution < -0.4 is 16.6 Å². The van der Waals surface area contributed by atoms with Gasteiger partial charge in [-0.05, 0) is 20.8 Å². The van der Waals surface area contributed by atoms with Crippen molar-refractivity contribution in [2.45, 2.75) is 33.4 Å². The third-order valence-electron chi connectivity index (χ3n) is 1.60. The predicted molar refractivity (Wildman–Crippen MR) is 63.6 cm³/mol. The molecular formula is C9H17N5S. The second kappa shape index (κ2) is 5.67. The number of hydrogen-bond acceptors (Lipinski definition) is 4. The largest absolute Gasteiger partial charge is 0.353 e. The second-order valence-corrected chi connectivity index (χ2v) is 4.79. The predicted octanol–water partition coefficient (Wildman–Crippen LogP) is 0.769. The van der Waals surface area contributed by atoms with Crippen LogP contribution in [0, 0.1) is 6.92 Å². The van der Waals surface area contributed by atoms with Crippen LogP contribution in [0.25, 0.3) is 0 Å². The first-order valence-corrected chi connectivity index (χ1v) is 5.62. The second-order valence-electron chi connectivity index (χ2n) is 3.47. The summed E-state index contributed by atoms with van der Waals surface area (Å²) >= 11 is 1.64. The highest BCUT2D eigenvalue weighted by Crippen LogP contribution is 2.11. The van der Waals surface area contributed by atoms with Gasteiger partial charge in [0.2, 0.25) is 5.96 Å². The Bertz CT molecular complexity index is 331. The van der Waals surface area contributed by atoms with E-state index in [0.717, 1.165) is 5.01 Å². The first-order valence-electron chi connectivity index (χ1n) is 4.80. The van der Waals surface area contributed by atoms with Gasteiger partial charge in [0.15, 0.2) is 0 Å². The first kappa shape index (κ1) is 11.9. The molecule has 0 aliphatic rings. The molecule has 0 radical (unpaired) electrons. The van der Waals surface area contributed by atoms with Crippen LogP contribution in [0.3, 0.4) is 0 Å². The quantitative estimate of drug-likeness (QED) is 0.308. The number of guanidine groups is 1. The van der Waals surface area contributed by atoms with Gasteiger partial charge in [-0.25, -0.2) is 15.8 Å². The Kier molecular flexibility index (Phi) is 4.51. The van der Waals surface area contributed by atoms with Crippen molar-refractivity contribution in [2.24, 2.45) is 10.8 Å². The van der Waals surface area contributed by atoms with Gasteiger partial charge in [0.25, 0.3) is 0 Å². The van der Waals surface area contributed by atoms with Gasteiger partial charge in [-0.15, -0.1) is 11.3 Å². The number of nitrogens with two attached hydrogens (primary N) is 1. The van der Waals surface area contributed by atoms with Gasteiger partial charge in [0.05, 0.1) is 6.54 Å². The number of aromatic nitrogens is 1. The van der Waals surface area contributed by atoms with E-state index in [9.17, 15) is 0 Å². The minimum absolute atomic E-state index is 0.304. The molecule has 1 aromatic rings. The van der Waals surface area contributed by atoms with E-state index in [2.05, 4.69) is 20.7 Å². The molecule has 6 heteroatoms. The average molecular weight is 227 g/mol. The summed E-state index contributed by atoms with van der Waals surface area (Å²) in [6.45, 7) is 6.64. The van der Waals surface area contributed by atoms with E-state index in [1.807, 2.05) is 27.0 Å². The standard InChI is InChI=1S/C9H17N5S/c1-6(2)13-9(14-10)12-5-8-11-4-7(3)15-8/h4,6H,5,10H2,1-3H3,(H2,12,13,14). The van der Waals surface area contributed by atoms with Gasteiger partial charge in [0, 0.05) is 17.1 Å². The molecule has 5 nitrogen and oxygen atoms in total. The molecule has 0 aliphatic heterocycles. The lowest BCUT2D eigenvalue weighted by molar-refractivity contribution is 0.702. The number of hydrogen-bond donors (Lipinski definition) is 3. The van der Waals surface area contributed by atoms with E-state index in [-0.39, 0.29) is 0 Å². The zero-order valence-electron chi connectivity index (χ0n) is 9.24. The van der Waals surface area contributed by atoms with Crippen molar-refractivity contribution < 1.29 is 0 Å². The molecule has 0 bridgehead atoms. The van der Waals surface area contributed by atoms with Crippen LogP contribution in [0.1, 0.15) is 23.7 Å². The molecule has 0 aromatic carbocycles. The van der Waals surface area contributed by atoms with Crippen LogP contribution in [0.4, 0.5) is 0 Å². The van der Waals surface area contributed by atoms with Gasteiger partial charge >= 0.3 is 0 Å². The Balaban J connectivity index is 2.54. The Morgan fingerprint density at radius 3 is 2.87 bits per heavy atom. The number of thiazole rings is 1. The number of nitrogens with zero attached hydrogens (tertiary/aromatic N) is 2. The third kappa shape index (κ3) is 4.26. The highest BCUT2D eigenvalue weighted by Gasteiger charge is 2.00. The fourth-order valence-corrected chi connectivity index (χ4v) is 1.74. The van der Waals surface area contributed by atoms with Gasteiger partial charge in [0.1, 0.15) is 5.01 Å². The highest BCUT2D eigenvalue weighted by molar-refractivity contribution is 7.11. The minimum atomic E-state index is 0.304. The molecular weight excluding hydrogens is 210 g/mol. The lowest BCUT2D eigenvalue weighted by atomic mass is 10.4. The van der Waals surface area contributed by atoms with E-state index in [4.69, 9.17) is 5.84 Å². The summed E-state index contributed by atoms with van der Waals surface area (Å²) in [4.78, 5) is 9.69. The summed E-state index contributed by atoms with van der Waals surface area (Å²) in [7, 11) is 0. The third-order valence-corrected chi connectivity index (χ3v) is 2.50. The number of aliphatic imine (C=N–C) groups is 1. The van der Waals surface area contributed by atoms with Crippen LogP contribution in [0.2, 0.25) is 0 Å². The van der Waals surface area contributed by atoms with Crippen molar-refractivity contribution in [1.29, 1.82) is 0 Å². The first-order chi connectivity index (χ1) is 7.11. The lowest BCUT2D eigenvalue weighted by Crippen LogP contribution is -2.44. The Labute approximate surface area is 93.8 Å². The van der Waals surface area contributed by atoms with E-state index in [0.29, 0.717) is 18.5 Å². The van der Waals surface area contributed by atoms with Gasteiger partial charge < -0.3 is 5.32 Å². The molecule has 0 amide bonds. The smallest absolute Gasteiger partial charge is 0.206 e. The maximum Gasteiger partial charge on any atom is 0.206 e. The van der Waals surface area contributed by atoms with Crippen molar-refractivity contribution in [3.05, 3.63) is 16.1 Å². The SMILES string of the molecule is Cc1cnc(CN=C(NN)NC(C)C)s1. The molecule has 0 saturated carbocycles.